The Morgan fingerprint density at radius 1 is 1.14 bits per heavy atom. The van der Waals surface area contributed by atoms with Crippen molar-refractivity contribution in [1.29, 1.82) is 0 Å². The van der Waals surface area contributed by atoms with E-state index in [1.807, 2.05) is 30.3 Å². The van der Waals surface area contributed by atoms with Crippen molar-refractivity contribution in [2.24, 2.45) is 0 Å². The molecule has 1 aliphatic rings. The smallest absolute Gasteiger partial charge is 0.266 e. The largest absolute Gasteiger partial charge is 0.380 e. The molecule has 0 bridgehead atoms. The molecule has 1 N–H and O–H groups in total. The van der Waals surface area contributed by atoms with Crippen LogP contribution in [0.25, 0.3) is 10.1 Å². The van der Waals surface area contributed by atoms with Crippen LogP contribution in [-0.2, 0) is 11.3 Å². The second kappa shape index (κ2) is 8.29. The summed E-state index contributed by atoms with van der Waals surface area (Å²) in [6.07, 6.45) is 3.75. The Bertz CT molecular complexity index is 978. The van der Waals surface area contributed by atoms with Crippen molar-refractivity contribution in [2.45, 2.75) is 25.9 Å². The first kappa shape index (κ1) is 18.9. The van der Waals surface area contributed by atoms with Crippen molar-refractivity contribution in [1.82, 2.24) is 0 Å². The Labute approximate surface area is 167 Å². The Morgan fingerprint density at radius 2 is 1.89 bits per heavy atom. The Balaban J connectivity index is 1.56. The number of nitrogens with one attached hydrogen (secondary N) is 1. The predicted molar refractivity (Wildman–Crippen MR) is 113 cm³/mol. The van der Waals surface area contributed by atoms with E-state index in [1.54, 1.807) is 13.2 Å². The van der Waals surface area contributed by atoms with Gasteiger partial charge in [-0.25, -0.2) is 4.39 Å². The van der Waals surface area contributed by atoms with E-state index in [0.29, 0.717) is 15.8 Å². The third-order valence-corrected chi connectivity index (χ3v) is 6.30. The van der Waals surface area contributed by atoms with Gasteiger partial charge >= 0.3 is 0 Å². The number of anilines is 2. The van der Waals surface area contributed by atoms with Gasteiger partial charge in [0.25, 0.3) is 5.91 Å². The fourth-order valence-electron chi connectivity index (χ4n) is 3.73. The molecule has 0 radical (unpaired) electrons. The second-order valence-corrected chi connectivity index (χ2v) is 8.06. The van der Waals surface area contributed by atoms with Crippen molar-refractivity contribution in [3.05, 3.63) is 58.7 Å². The normalized spacial score (nSPS) is 14.4. The van der Waals surface area contributed by atoms with Crippen LogP contribution in [0.3, 0.4) is 0 Å². The van der Waals surface area contributed by atoms with E-state index < -0.39 is 0 Å². The molecule has 1 aromatic heterocycles. The second-order valence-electron chi connectivity index (χ2n) is 7.00. The molecule has 28 heavy (non-hydrogen) atoms. The molecule has 1 aliphatic heterocycles. The Morgan fingerprint density at radius 3 is 2.61 bits per heavy atom. The Kier molecular flexibility index (Phi) is 5.59. The number of hydrogen-bond acceptors (Lipinski definition) is 4. The molecule has 0 unspecified atom stereocenters. The molecule has 1 fully saturated rings. The zero-order valence-corrected chi connectivity index (χ0v) is 16.7. The average Bonchev–Trinajstić information content (AvgIpc) is 3.09. The number of halogens is 1. The summed E-state index contributed by atoms with van der Waals surface area (Å²) in [7, 11) is 1.55. The van der Waals surface area contributed by atoms with Crippen LogP contribution in [0.15, 0.2) is 42.5 Å². The summed E-state index contributed by atoms with van der Waals surface area (Å²) in [5, 5.41) is 3.41. The lowest BCUT2D eigenvalue weighted by Gasteiger charge is -2.28. The van der Waals surface area contributed by atoms with E-state index in [-0.39, 0.29) is 18.3 Å². The van der Waals surface area contributed by atoms with Crippen LogP contribution < -0.4 is 10.2 Å². The van der Waals surface area contributed by atoms with Gasteiger partial charge in [0.1, 0.15) is 5.82 Å². The minimum Gasteiger partial charge on any atom is -0.380 e. The van der Waals surface area contributed by atoms with E-state index in [1.165, 1.54) is 42.4 Å². The number of ether oxygens (including phenoxy) is 1. The summed E-state index contributed by atoms with van der Waals surface area (Å²) in [5.74, 6) is -0.566. The van der Waals surface area contributed by atoms with Crippen LogP contribution >= 0.6 is 11.3 Å². The fraction of sp³-hybridized carbons (Fsp3) is 0.318. The van der Waals surface area contributed by atoms with E-state index in [0.717, 1.165) is 23.5 Å². The van der Waals surface area contributed by atoms with E-state index >= 15 is 0 Å². The van der Waals surface area contributed by atoms with Crippen molar-refractivity contribution in [3.63, 3.8) is 0 Å². The molecule has 0 saturated carbocycles. The van der Waals surface area contributed by atoms with E-state index in [9.17, 15) is 9.18 Å². The van der Waals surface area contributed by atoms with Crippen molar-refractivity contribution < 1.29 is 13.9 Å². The van der Waals surface area contributed by atoms with Gasteiger partial charge in [0, 0.05) is 47.2 Å². The number of thiophene rings is 1. The number of hydrogen-bond donors (Lipinski definition) is 1. The SMILES string of the molecule is COCc1c(C(=O)Nc2ccc(N3CCCCC3)cc2)sc2cccc(F)c12. The van der Waals surface area contributed by atoms with Crippen LogP contribution in [0.4, 0.5) is 15.8 Å². The molecule has 4 nitrogen and oxygen atoms in total. The number of rotatable bonds is 5. The molecule has 1 amide bonds. The van der Waals surface area contributed by atoms with Crippen LogP contribution in [0.5, 0.6) is 0 Å². The van der Waals surface area contributed by atoms with Gasteiger partial charge in [-0.1, -0.05) is 6.07 Å². The number of carbonyl (C=O) groups excluding carboxylic acids is 1. The summed E-state index contributed by atoms with van der Waals surface area (Å²) >= 11 is 1.29. The van der Waals surface area contributed by atoms with Gasteiger partial charge in [-0.2, -0.15) is 0 Å². The van der Waals surface area contributed by atoms with Gasteiger partial charge < -0.3 is 15.0 Å². The van der Waals surface area contributed by atoms with Crippen LogP contribution in [0.1, 0.15) is 34.5 Å². The first-order chi connectivity index (χ1) is 13.7. The lowest BCUT2D eigenvalue weighted by molar-refractivity contribution is 0.102. The lowest BCUT2D eigenvalue weighted by Crippen LogP contribution is -2.29. The quantitative estimate of drug-likeness (QED) is 0.623. The summed E-state index contributed by atoms with van der Waals surface area (Å²) in [5.41, 5.74) is 2.51. The highest BCUT2D eigenvalue weighted by atomic mass is 32.1. The summed E-state index contributed by atoms with van der Waals surface area (Å²) in [6.45, 7) is 2.36. The monoisotopic (exact) mass is 398 g/mol. The fourth-order valence-corrected chi connectivity index (χ4v) is 4.85. The van der Waals surface area contributed by atoms with Crippen molar-refractivity contribution >= 4 is 38.7 Å². The molecule has 2 heterocycles. The first-order valence-electron chi connectivity index (χ1n) is 9.52. The average molecular weight is 399 g/mol. The summed E-state index contributed by atoms with van der Waals surface area (Å²) < 4.78 is 20.3. The molecule has 4 rings (SSSR count). The van der Waals surface area contributed by atoms with Gasteiger partial charge in [0.05, 0.1) is 11.5 Å². The number of carbonyl (C=O) groups is 1. The molecule has 2 aromatic carbocycles. The Hall–Kier alpha value is -2.44. The highest BCUT2D eigenvalue weighted by Crippen LogP contribution is 2.34. The zero-order chi connectivity index (χ0) is 19.5. The molecule has 146 valence electrons. The highest BCUT2D eigenvalue weighted by molar-refractivity contribution is 7.21. The molecule has 0 atom stereocenters. The maximum atomic E-state index is 14.3. The first-order valence-corrected chi connectivity index (χ1v) is 10.3. The minimum absolute atomic E-state index is 0.192. The molecule has 3 aromatic rings. The van der Waals surface area contributed by atoms with Crippen LogP contribution in [0.2, 0.25) is 0 Å². The van der Waals surface area contributed by atoms with E-state index in [4.69, 9.17) is 4.74 Å². The molecule has 0 spiro atoms. The molecular weight excluding hydrogens is 375 g/mol. The van der Waals surface area contributed by atoms with Gasteiger partial charge in [-0.05, 0) is 55.7 Å². The molecule has 1 saturated heterocycles. The summed E-state index contributed by atoms with van der Waals surface area (Å²) in [4.78, 5) is 15.8. The van der Waals surface area contributed by atoms with Gasteiger partial charge in [-0.3, -0.25) is 4.79 Å². The van der Waals surface area contributed by atoms with Crippen LogP contribution in [-0.4, -0.2) is 26.1 Å². The van der Waals surface area contributed by atoms with Crippen LogP contribution in [0, 0.1) is 5.82 Å². The maximum Gasteiger partial charge on any atom is 0.266 e. The number of nitrogens with zero attached hydrogens (tertiary/aromatic N) is 1. The minimum atomic E-state index is -0.328. The number of fused-ring (bicyclic) bond motifs is 1. The summed E-state index contributed by atoms with van der Waals surface area (Å²) in [6, 6.07) is 12.8. The number of amides is 1. The molecule has 6 heteroatoms. The predicted octanol–water partition coefficient (Wildman–Crippen LogP) is 5.43. The third-order valence-electron chi connectivity index (χ3n) is 5.10. The van der Waals surface area contributed by atoms with Crippen molar-refractivity contribution in [3.8, 4) is 0 Å². The van der Waals surface area contributed by atoms with Crippen molar-refractivity contribution in [2.75, 3.05) is 30.4 Å². The zero-order valence-electron chi connectivity index (χ0n) is 15.8. The number of methoxy groups -OCH3 is 1. The lowest BCUT2D eigenvalue weighted by atomic mass is 10.1. The maximum absolute atomic E-state index is 14.3. The van der Waals surface area contributed by atoms with Gasteiger partial charge in [-0.15, -0.1) is 11.3 Å². The van der Waals surface area contributed by atoms with Gasteiger partial charge in [0.2, 0.25) is 0 Å². The third kappa shape index (κ3) is 3.75. The standard InChI is InChI=1S/C22H23FN2O2S/c1-27-14-17-20-18(23)6-5-7-19(20)28-21(17)22(26)24-15-8-10-16(11-9-15)25-12-3-2-4-13-25/h5-11H,2-4,12-14H2,1H3,(H,24,26). The van der Waals surface area contributed by atoms with Gasteiger partial charge in [0.15, 0.2) is 0 Å². The number of piperidine rings is 1. The molecular formula is C22H23FN2O2S. The topological polar surface area (TPSA) is 41.6 Å². The van der Waals surface area contributed by atoms with E-state index in [2.05, 4.69) is 10.2 Å². The number of benzene rings is 2. The molecule has 0 aliphatic carbocycles. The highest BCUT2D eigenvalue weighted by Gasteiger charge is 2.21.